The van der Waals surface area contributed by atoms with E-state index in [4.69, 9.17) is 9.68 Å². The highest BCUT2D eigenvalue weighted by Crippen LogP contribution is 2.27. The lowest BCUT2D eigenvalue weighted by atomic mass is 10.1. The smallest absolute Gasteiger partial charge is 0.269 e. The highest BCUT2D eigenvalue weighted by atomic mass is 32.1. The molecule has 0 unspecified atom stereocenters. The van der Waals surface area contributed by atoms with E-state index in [9.17, 15) is 4.79 Å². The third-order valence-corrected chi connectivity index (χ3v) is 3.67. The highest BCUT2D eigenvalue weighted by molar-refractivity contribution is 7.14. The molecule has 2 rings (SSSR count). The molecule has 0 atom stereocenters. The van der Waals surface area contributed by atoms with E-state index < -0.39 is 0 Å². The van der Waals surface area contributed by atoms with Gasteiger partial charge in [-0.15, -0.1) is 11.3 Å². The number of carbonyl (C=O) groups is 1. The molecule has 0 fully saturated rings. The number of nitrogens with one attached hydrogen (secondary N) is 1. The molecule has 0 saturated carbocycles. The first-order chi connectivity index (χ1) is 8.13. The van der Waals surface area contributed by atoms with E-state index in [1.165, 1.54) is 17.6 Å². The van der Waals surface area contributed by atoms with Gasteiger partial charge in [-0.1, -0.05) is 0 Å². The van der Waals surface area contributed by atoms with E-state index in [0.29, 0.717) is 16.3 Å². The Morgan fingerprint density at radius 2 is 2.29 bits per heavy atom. The first-order valence-corrected chi connectivity index (χ1v) is 5.80. The molecule has 2 aromatic heterocycles. The van der Waals surface area contributed by atoms with Crippen LogP contribution in [0.3, 0.4) is 0 Å². The van der Waals surface area contributed by atoms with Gasteiger partial charge in [-0.25, -0.2) is 0 Å². The first-order valence-electron chi connectivity index (χ1n) is 4.98. The predicted molar refractivity (Wildman–Crippen MR) is 65.2 cm³/mol. The summed E-state index contributed by atoms with van der Waals surface area (Å²) >= 11 is 1.32. The second kappa shape index (κ2) is 4.44. The average molecular weight is 246 g/mol. The molecule has 0 aliphatic carbocycles. The average Bonchev–Trinajstić information content (AvgIpc) is 2.89. The molecule has 0 aliphatic heterocycles. The zero-order valence-electron chi connectivity index (χ0n) is 9.40. The van der Waals surface area contributed by atoms with Crippen molar-refractivity contribution in [3.05, 3.63) is 39.3 Å². The van der Waals surface area contributed by atoms with E-state index in [0.717, 1.165) is 10.4 Å². The van der Waals surface area contributed by atoms with E-state index in [1.54, 1.807) is 12.1 Å². The minimum absolute atomic E-state index is 0.308. The number of carbonyl (C=O) groups excluding carboxylic acids is 1. The fourth-order valence-corrected chi connectivity index (χ4v) is 2.45. The number of nitriles is 1. The number of aryl methyl sites for hydroxylation is 1. The van der Waals surface area contributed by atoms with Crippen molar-refractivity contribution in [2.24, 2.45) is 0 Å². The number of anilines is 1. The molecule has 2 heterocycles. The van der Waals surface area contributed by atoms with E-state index in [1.807, 2.05) is 13.8 Å². The number of thiophene rings is 1. The minimum Gasteiger partial charge on any atom is -0.449 e. The number of hydrogen-bond acceptors (Lipinski definition) is 4. The lowest BCUT2D eigenvalue weighted by Crippen LogP contribution is -2.10. The van der Waals surface area contributed by atoms with Crippen LogP contribution in [0.2, 0.25) is 0 Å². The largest absolute Gasteiger partial charge is 0.449 e. The fourth-order valence-electron chi connectivity index (χ4n) is 1.44. The summed E-state index contributed by atoms with van der Waals surface area (Å²) in [5, 5.41) is 11.6. The molecule has 5 heteroatoms. The van der Waals surface area contributed by atoms with Crippen molar-refractivity contribution in [1.82, 2.24) is 0 Å². The van der Waals surface area contributed by atoms with Crippen molar-refractivity contribution >= 4 is 23.1 Å². The van der Waals surface area contributed by atoms with Crippen LogP contribution in [0.25, 0.3) is 0 Å². The lowest BCUT2D eigenvalue weighted by Gasteiger charge is -1.99. The van der Waals surface area contributed by atoms with E-state index >= 15 is 0 Å². The first kappa shape index (κ1) is 11.4. The van der Waals surface area contributed by atoms with Gasteiger partial charge in [0.15, 0.2) is 5.88 Å². The Morgan fingerprint density at radius 3 is 2.88 bits per heavy atom. The topological polar surface area (TPSA) is 66.0 Å². The predicted octanol–water partition coefficient (Wildman–Crippen LogP) is 3.08. The molecule has 0 aliphatic rings. The fraction of sp³-hybridized carbons (Fsp3) is 0.167. The molecule has 0 radical (unpaired) electrons. The van der Waals surface area contributed by atoms with Gasteiger partial charge < -0.3 is 4.42 Å². The Balaban J connectivity index is 2.32. The number of nitrogens with zero attached hydrogens (tertiary/aromatic N) is 1. The number of amides is 1. The third kappa shape index (κ3) is 2.08. The van der Waals surface area contributed by atoms with Crippen LogP contribution in [0.4, 0.5) is 5.88 Å². The molecule has 1 N–H and O–H groups in total. The van der Waals surface area contributed by atoms with Crippen molar-refractivity contribution in [1.29, 1.82) is 5.26 Å². The Labute approximate surface area is 102 Å². The van der Waals surface area contributed by atoms with Crippen LogP contribution in [0.1, 0.15) is 25.7 Å². The highest BCUT2D eigenvalue weighted by Gasteiger charge is 2.19. The summed E-state index contributed by atoms with van der Waals surface area (Å²) in [6, 6.07) is 5.40. The molecule has 86 valence electrons. The van der Waals surface area contributed by atoms with Crippen molar-refractivity contribution in [3.63, 3.8) is 0 Å². The molecule has 1 amide bonds. The number of furan rings is 1. The number of hydrogen-bond donors (Lipinski definition) is 1. The van der Waals surface area contributed by atoms with Gasteiger partial charge in [-0.2, -0.15) is 5.26 Å². The Kier molecular flexibility index (Phi) is 2.98. The molecule has 0 saturated heterocycles. The van der Waals surface area contributed by atoms with Gasteiger partial charge in [0.05, 0.1) is 11.8 Å². The molecular formula is C12H10N2O2S. The quantitative estimate of drug-likeness (QED) is 0.885. The molecule has 17 heavy (non-hydrogen) atoms. The summed E-state index contributed by atoms with van der Waals surface area (Å²) in [7, 11) is 0. The van der Waals surface area contributed by atoms with Gasteiger partial charge >= 0.3 is 0 Å². The molecular weight excluding hydrogens is 236 g/mol. The zero-order valence-corrected chi connectivity index (χ0v) is 10.2. The van der Waals surface area contributed by atoms with Gasteiger partial charge in [0.25, 0.3) is 5.91 Å². The van der Waals surface area contributed by atoms with Crippen LogP contribution in [0.5, 0.6) is 0 Å². The van der Waals surface area contributed by atoms with Crippen molar-refractivity contribution in [3.8, 4) is 6.07 Å². The van der Waals surface area contributed by atoms with Gasteiger partial charge in [-0.05, 0) is 25.5 Å². The Morgan fingerprint density at radius 1 is 1.53 bits per heavy atom. The van der Waals surface area contributed by atoms with Crippen molar-refractivity contribution < 1.29 is 9.21 Å². The zero-order chi connectivity index (χ0) is 12.4. The molecule has 2 aromatic rings. The van der Waals surface area contributed by atoms with E-state index in [2.05, 4.69) is 11.4 Å². The molecule has 4 nitrogen and oxygen atoms in total. The minimum atomic E-state index is -0.308. The third-order valence-electron chi connectivity index (χ3n) is 2.46. The monoisotopic (exact) mass is 246 g/mol. The summed E-state index contributed by atoms with van der Waals surface area (Å²) in [5.74, 6) is 0.0697. The maximum absolute atomic E-state index is 11.9. The molecule has 0 bridgehead atoms. The summed E-state index contributed by atoms with van der Waals surface area (Å²) in [6.45, 7) is 3.73. The van der Waals surface area contributed by atoms with E-state index in [-0.39, 0.29) is 5.91 Å². The van der Waals surface area contributed by atoms with Crippen LogP contribution in [-0.2, 0) is 0 Å². The molecule has 0 aromatic carbocycles. The normalized spacial score (nSPS) is 9.94. The van der Waals surface area contributed by atoms with Gasteiger partial charge in [0.2, 0.25) is 0 Å². The maximum atomic E-state index is 11.9. The van der Waals surface area contributed by atoms with Crippen molar-refractivity contribution in [2.45, 2.75) is 13.8 Å². The summed E-state index contributed by atoms with van der Waals surface area (Å²) in [4.78, 5) is 13.4. The second-order valence-electron chi connectivity index (χ2n) is 3.53. The lowest BCUT2D eigenvalue weighted by molar-refractivity contribution is 0.102. The van der Waals surface area contributed by atoms with Crippen LogP contribution in [0, 0.1) is 25.2 Å². The SMILES string of the molecule is Cc1sc(C(=O)Nc2ccco2)c(C#N)c1C. The summed E-state index contributed by atoms with van der Waals surface area (Å²) in [5.41, 5.74) is 1.30. The molecule has 0 spiro atoms. The van der Waals surface area contributed by atoms with Crippen LogP contribution in [-0.4, -0.2) is 5.91 Å². The second-order valence-corrected chi connectivity index (χ2v) is 4.76. The number of rotatable bonds is 2. The van der Waals surface area contributed by atoms with Crippen LogP contribution in [0.15, 0.2) is 22.8 Å². The van der Waals surface area contributed by atoms with Crippen LogP contribution >= 0.6 is 11.3 Å². The Hall–Kier alpha value is -2.06. The van der Waals surface area contributed by atoms with Crippen LogP contribution < -0.4 is 5.32 Å². The van der Waals surface area contributed by atoms with Crippen molar-refractivity contribution in [2.75, 3.05) is 5.32 Å². The van der Waals surface area contributed by atoms with Gasteiger partial charge in [-0.3, -0.25) is 10.1 Å². The van der Waals surface area contributed by atoms with Gasteiger partial charge in [0.1, 0.15) is 10.9 Å². The summed E-state index contributed by atoms with van der Waals surface area (Å²) in [6.07, 6.45) is 1.48. The summed E-state index contributed by atoms with van der Waals surface area (Å²) < 4.78 is 5.03. The maximum Gasteiger partial charge on any atom is 0.269 e. The van der Waals surface area contributed by atoms with Gasteiger partial charge in [0, 0.05) is 10.9 Å². The Bertz CT molecular complexity index is 591. The standard InChI is InChI=1S/C12H10N2O2S/c1-7-8(2)17-11(9(7)6-13)12(15)14-10-4-3-5-16-10/h3-5H,1-2H3,(H,14,15).